The number of halogens is 1. The minimum absolute atomic E-state index is 0.184. The Hall–Kier alpha value is -2.33. The van der Waals surface area contributed by atoms with Crippen LogP contribution in [0.25, 0.3) is 0 Å². The molecule has 1 amide bonds. The van der Waals surface area contributed by atoms with Gasteiger partial charge < -0.3 is 10.1 Å². The molecule has 2 aromatic rings. The first-order chi connectivity index (χ1) is 11.0. The average molecular weight is 332 g/mol. The summed E-state index contributed by atoms with van der Waals surface area (Å²) >= 11 is 5.83. The van der Waals surface area contributed by atoms with Gasteiger partial charge in [0.05, 0.1) is 0 Å². The van der Waals surface area contributed by atoms with Crippen LogP contribution in [0.15, 0.2) is 42.5 Å². The van der Waals surface area contributed by atoms with Crippen LogP contribution < -0.4 is 5.32 Å². The van der Waals surface area contributed by atoms with Crippen molar-refractivity contribution in [1.29, 1.82) is 0 Å². The topological polar surface area (TPSA) is 55.4 Å². The number of nitrogens with one attached hydrogen (secondary N) is 1. The third-order valence-electron chi connectivity index (χ3n) is 3.37. The van der Waals surface area contributed by atoms with E-state index in [1.807, 2.05) is 32.0 Å². The molecule has 0 radical (unpaired) electrons. The molecule has 0 aromatic heterocycles. The molecular weight excluding hydrogens is 314 g/mol. The van der Waals surface area contributed by atoms with E-state index < -0.39 is 5.97 Å². The van der Waals surface area contributed by atoms with Crippen molar-refractivity contribution in [1.82, 2.24) is 5.32 Å². The predicted molar refractivity (Wildman–Crippen MR) is 89.5 cm³/mol. The molecule has 0 spiro atoms. The highest BCUT2D eigenvalue weighted by atomic mass is 35.5. The minimum Gasteiger partial charge on any atom is -0.459 e. The molecule has 23 heavy (non-hydrogen) atoms. The van der Waals surface area contributed by atoms with Gasteiger partial charge in [0, 0.05) is 10.6 Å². The second-order valence-electron chi connectivity index (χ2n) is 5.28. The van der Waals surface area contributed by atoms with Crippen molar-refractivity contribution in [2.24, 2.45) is 0 Å². The Labute approximate surface area is 140 Å². The van der Waals surface area contributed by atoms with E-state index >= 15 is 0 Å². The van der Waals surface area contributed by atoms with Gasteiger partial charge in [-0.25, -0.2) is 0 Å². The standard InChI is InChI=1S/C18H18ClNO3/c1-12-6-7-13(2)15(8-12)11-23-17(21)10-20-18(22)14-4-3-5-16(19)9-14/h3-9H,10-11H2,1-2H3,(H,20,22). The summed E-state index contributed by atoms with van der Waals surface area (Å²) in [6, 6.07) is 12.5. The Morgan fingerprint density at radius 3 is 2.65 bits per heavy atom. The van der Waals surface area contributed by atoms with Gasteiger partial charge in [-0.2, -0.15) is 0 Å². The molecule has 1 N–H and O–H groups in total. The second-order valence-corrected chi connectivity index (χ2v) is 5.72. The van der Waals surface area contributed by atoms with Crippen LogP contribution in [0.5, 0.6) is 0 Å². The third kappa shape index (κ3) is 5.11. The van der Waals surface area contributed by atoms with Gasteiger partial charge in [0.1, 0.15) is 13.2 Å². The number of esters is 1. The molecule has 0 fully saturated rings. The van der Waals surface area contributed by atoms with Gasteiger partial charge in [-0.3, -0.25) is 9.59 Å². The molecule has 0 aliphatic rings. The lowest BCUT2D eigenvalue weighted by atomic mass is 10.1. The molecule has 0 unspecified atom stereocenters. The number of aryl methyl sites for hydroxylation is 2. The molecule has 0 saturated carbocycles. The van der Waals surface area contributed by atoms with Crippen molar-refractivity contribution < 1.29 is 14.3 Å². The summed E-state index contributed by atoms with van der Waals surface area (Å²) in [5, 5.41) is 2.98. The van der Waals surface area contributed by atoms with Gasteiger partial charge in [-0.05, 0) is 43.2 Å². The number of benzene rings is 2. The summed E-state index contributed by atoms with van der Waals surface area (Å²) in [6.07, 6.45) is 0. The molecule has 2 rings (SSSR count). The number of hydrogen-bond donors (Lipinski definition) is 1. The van der Waals surface area contributed by atoms with E-state index in [1.165, 1.54) is 0 Å². The van der Waals surface area contributed by atoms with E-state index in [0.29, 0.717) is 10.6 Å². The molecular formula is C18H18ClNO3. The Morgan fingerprint density at radius 2 is 1.91 bits per heavy atom. The highest BCUT2D eigenvalue weighted by Crippen LogP contribution is 2.12. The van der Waals surface area contributed by atoms with E-state index in [0.717, 1.165) is 16.7 Å². The van der Waals surface area contributed by atoms with Crippen LogP contribution >= 0.6 is 11.6 Å². The summed E-state index contributed by atoms with van der Waals surface area (Å²) in [7, 11) is 0. The molecule has 0 aliphatic heterocycles. The van der Waals surface area contributed by atoms with Crippen LogP contribution in [0.3, 0.4) is 0 Å². The Bertz CT molecular complexity index is 728. The average Bonchev–Trinajstić information content (AvgIpc) is 2.53. The maximum Gasteiger partial charge on any atom is 0.325 e. The highest BCUT2D eigenvalue weighted by Gasteiger charge is 2.10. The smallest absolute Gasteiger partial charge is 0.325 e. The van der Waals surface area contributed by atoms with E-state index in [-0.39, 0.29) is 19.1 Å². The number of carbonyl (C=O) groups is 2. The first-order valence-corrected chi connectivity index (χ1v) is 7.59. The van der Waals surface area contributed by atoms with Crippen LogP contribution in [0.2, 0.25) is 5.02 Å². The molecule has 0 heterocycles. The number of carbonyl (C=O) groups excluding carboxylic acids is 2. The maximum atomic E-state index is 11.9. The molecule has 0 bridgehead atoms. The van der Waals surface area contributed by atoms with Gasteiger partial charge in [-0.15, -0.1) is 0 Å². The fourth-order valence-corrected chi connectivity index (χ4v) is 2.24. The summed E-state index contributed by atoms with van der Waals surface area (Å²) in [5.41, 5.74) is 3.53. The Morgan fingerprint density at radius 1 is 1.13 bits per heavy atom. The number of hydrogen-bond acceptors (Lipinski definition) is 3. The zero-order chi connectivity index (χ0) is 16.8. The van der Waals surface area contributed by atoms with Crippen LogP contribution in [0, 0.1) is 13.8 Å². The van der Waals surface area contributed by atoms with Gasteiger partial charge in [0.15, 0.2) is 0 Å². The summed E-state index contributed by atoms with van der Waals surface area (Å²) in [6.45, 7) is 3.95. The second kappa shape index (κ2) is 7.79. The van der Waals surface area contributed by atoms with Gasteiger partial charge in [0.2, 0.25) is 0 Å². The van der Waals surface area contributed by atoms with Crippen molar-refractivity contribution in [3.05, 3.63) is 69.7 Å². The molecule has 120 valence electrons. The lowest BCUT2D eigenvalue weighted by molar-refractivity contribution is -0.143. The first kappa shape index (κ1) is 17.0. The maximum absolute atomic E-state index is 11.9. The minimum atomic E-state index is -0.485. The lowest BCUT2D eigenvalue weighted by Gasteiger charge is -2.09. The fourth-order valence-electron chi connectivity index (χ4n) is 2.05. The van der Waals surface area contributed by atoms with Crippen LogP contribution in [0.4, 0.5) is 0 Å². The van der Waals surface area contributed by atoms with Crippen LogP contribution in [-0.4, -0.2) is 18.4 Å². The Balaban J connectivity index is 1.83. The van der Waals surface area contributed by atoms with Crippen LogP contribution in [-0.2, 0) is 16.1 Å². The SMILES string of the molecule is Cc1ccc(C)c(COC(=O)CNC(=O)c2cccc(Cl)c2)c1. The number of rotatable bonds is 5. The third-order valence-corrected chi connectivity index (χ3v) is 3.61. The van der Waals surface area contributed by atoms with Crippen molar-refractivity contribution in [3.63, 3.8) is 0 Å². The van der Waals surface area contributed by atoms with E-state index in [4.69, 9.17) is 16.3 Å². The predicted octanol–water partition coefficient (Wildman–Crippen LogP) is 3.43. The highest BCUT2D eigenvalue weighted by molar-refractivity contribution is 6.30. The molecule has 2 aromatic carbocycles. The van der Waals surface area contributed by atoms with Crippen LogP contribution in [0.1, 0.15) is 27.0 Å². The summed E-state index contributed by atoms with van der Waals surface area (Å²) in [4.78, 5) is 23.6. The quantitative estimate of drug-likeness (QED) is 0.854. The van der Waals surface area contributed by atoms with Gasteiger partial charge in [0.25, 0.3) is 5.91 Å². The zero-order valence-electron chi connectivity index (χ0n) is 13.1. The first-order valence-electron chi connectivity index (χ1n) is 7.21. The van der Waals surface area contributed by atoms with Gasteiger partial charge in [-0.1, -0.05) is 41.4 Å². The monoisotopic (exact) mass is 331 g/mol. The summed E-state index contributed by atoms with van der Waals surface area (Å²) < 4.78 is 5.19. The van der Waals surface area contributed by atoms with E-state index in [1.54, 1.807) is 24.3 Å². The molecule has 0 aliphatic carbocycles. The zero-order valence-corrected chi connectivity index (χ0v) is 13.8. The molecule has 5 heteroatoms. The number of amides is 1. The lowest BCUT2D eigenvalue weighted by Crippen LogP contribution is -2.30. The number of ether oxygens (including phenoxy) is 1. The van der Waals surface area contributed by atoms with Gasteiger partial charge >= 0.3 is 5.97 Å². The van der Waals surface area contributed by atoms with Crippen molar-refractivity contribution in [2.75, 3.05) is 6.54 Å². The Kier molecular flexibility index (Phi) is 5.77. The fraction of sp³-hybridized carbons (Fsp3) is 0.222. The summed E-state index contributed by atoms with van der Waals surface area (Å²) in [5.74, 6) is -0.850. The van der Waals surface area contributed by atoms with Crippen molar-refractivity contribution >= 4 is 23.5 Å². The van der Waals surface area contributed by atoms with E-state index in [9.17, 15) is 9.59 Å². The van der Waals surface area contributed by atoms with Crippen molar-refractivity contribution in [2.45, 2.75) is 20.5 Å². The van der Waals surface area contributed by atoms with E-state index in [2.05, 4.69) is 5.32 Å². The normalized spacial score (nSPS) is 10.2. The largest absolute Gasteiger partial charge is 0.459 e. The molecule has 4 nitrogen and oxygen atoms in total. The molecule has 0 atom stereocenters. The van der Waals surface area contributed by atoms with Crippen molar-refractivity contribution in [3.8, 4) is 0 Å². The molecule has 0 saturated heterocycles.